The first kappa shape index (κ1) is 9.21. The zero-order valence-corrected chi connectivity index (χ0v) is 8.62. The van der Waals surface area contributed by atoms with Crippen molar-refractivity contribution in [3.8, 4) is 6.07 Å². The molecule has 0 bridgehead atoms. The molecular formula is C12H14N2. The van der Waals surface area contributed by atoms with Gasteiger partial charge in [0.25, 0.3) is 0 Å². The van der Waals surface area contributed by atoms with Crippen molar-refractivity contribution in [2.24, 2.45) is 0 Å². The third-order valence-electron chi connectivity index (χ3n) is 2.89. The highest BCUT2D eigenvalue weighted by Crippen LogP contribution is 2.47. The van der Waals surface area contributed by atoms with Gasteiger partial charge in [0.2, 0.25) is 0 Å². The van der Waals surface area contributed by atoms with Crippen molar-refractivity contribution in [3.05, 3.63) is 29.6 Å². The number of nitriles is 1. The molecule has 0 radical (unpaired) electrons. The molecule has 0 saturated heterocycles. The molecule has 72 valence electrons. The first-order valence-corrected chi connectivity index (χ1v) is 5.06. The van der Waals surface area contributed by atoms with E-state index in [-0.39, 0.29) is 5.41 Å². The predicted molar refractivity (Wildman–Crippen MR) is 54.9 cm³/mol. The molecule has 1 aromatic rings. The molecule has 1 aromatic heterocycles. The van der Waals surface area contributed by atoms with E-state index in [0.29, 0.717) is 5.92 Å². The summed E-state index contributed by atoms with van der Waals surface area (Å²) in [6, 6.07) is 6.47. The van der Waals surface area contributed by atoms with Crippen LogP contribution in [0.2, 0.25) is 0 Å². The Morgan fingerprint density at radius 3 is 2.71 bits per heavy atom. The van der Waals surface area contributed by atoms with E-state index in [1.54, 1.807) is 0 Å². The summed E-state index contributed by atoms with van der Waals surface area (Å²) < 4.78 is 0. The third-order valence-corrected chi connectivity index (χ3v) is 2.89. The van der Waals surface area contributed by atoms with Gasteiger partial charge in [0.1, 0.15) is 0 Å². The second-order valence-corrected chi connectivity index (χ2v) is 4.32. The molecule has 0 atom stereocenters. The van der Waals surface area contributed by atoms with Gasteiger partial charge < -0.3 is 0 Å². The van der Waals surface area contributed by atoms with Crippen LogP contribution in [0.15, 0.2) is 18.3 Å². The van der Waals surface area contributed by atoms with E-state index in [1.807, 2.05) is 12.3 Å². The minimum Gasteiger partial charge on any atom is -0.261 e. The SMILES string of the molecule is CC(C)c1cc(C2(C#N)CC2)ccn1. The first-order valence-electron chi connectivity index (χ1n) is 5.06. The Balaban J connectivity index is 2.37. The lowest BCUT2D eigenvalue weighted by molar-refractivity contribution is 0.806. The van der Waals surface area contributed by atoms with Gasteiger partial charge in [-0.25, -0.2) is 0 Å². The fourth-order valence-corrected chi connectivity index (χ4v) is 1.65. The summed E-state index contributed by atoms with van der Waals surface area (Å²) in [6.07, 6.45) is 3.83. The molecular weight excluding hydrogens is 172 g/mol. The number of pyridine rings is 1. The van der Waals surface area contributed by atoms with E-state index in [2.05, 4.69) is 31.0 Å². The fraction of sp³-hybridized carbons (Fsp3) is 0.500. The average molecular weight is 186 g/mol. The summed E-state index contributed by atoms with van der Waals surface area (Å²) in [5, 5.41) is 9.07. The van der Waals surface area contributed by atoms with Crippen LogP contribution < -0.4 is 0 Å². The highest BCUT2D eigenvalue weighted by Gasteiger charge is 2.44. The number of aromatic nitrogens is 1. The lowest BCUT2D eigenvalue weighted by Gasteiger charge is -2.09. The maximum Gasteiger partial charge on any atom is 0.0825 e. The molecule has 0 unspecified atom stereocenters. The zero-order chi connectivity index (χ0) is 10.2. The number of nitrogens with zero attached hydrogens (tertiary/aromatic N) is 2. The van der Waals surface area contributed by atoms with Gasteiger partial charge in [-0.3, -0.25) is 4.98 Å². The molecule has 1 saturated carbocycles. The van der Waals surface area contributed by atoms with Gasteiger partial charge in [-0.05, 0) is 36.5 Å². The zero-order valence-electron chi connectivity index (χ0n) is 8.62. The molecule has 1 fully saturated rings. The monoisotopic (exact) mass is 186 g/mol. The Kier molecular flexibility index (Phi) is 2.03. The summed E-state index contributed by atoms with van der Waals surface area (Å²) in [6.45, 7) is 4.25. The number of rotatable bonds is 2. The molecule has 1 aliphatic carbocycles. The molecule has 0 N–H and O–H groups in total. The highest BCUT2D eigenvalue weighted by molar-refractivity contribution is 5.39. The Morgan fingerprint density at radius 2 is 2.21 bits per heavy atom. The molecule has 14 heavy (non-hydrogen) atoms. The molecule has 0 amide bonds. The van der Waals surface area contributed by atoms with Crippen LogP contribution in [0, 0.1) is 11.3 Å². The van der Waals surface area contributed by atoms with Gasteiger partial charge in [-0.1, -0.05) is 13.8 Å². The van der Waals surface area contributed by atoms with Crippen molar-refractivity contribution in [3.63, 3.8) is 0 Å². The molecule has 2 nitrogen and oxygen atoms in total. The van der Waals surface area contributed by atoms with Crippen molar-refractivity contribution >= 4 is 0 Å². The molecule has 0 aromatic carbocycles. The Labute approximate surface area is 84.6 Å². The number of hydrogen-bond donors (Lipinski definition) is 0. The van der Waals surface area contributed by atoms with Crippen molar-refractivity contribution in [2.75, 3.05) is 0 Å². The van der Waals surface area contributed by atoms with E-state index in [1.165, 1.54) is 0 Å². The summed E-state index contributed by atoms with van der Waals surface area (Å²) in [4.78, 5) is 4.31. The van der Waals surface area contributed by atoms with Crippen LogP contribution in [0.4, 0.5) is 0 Å². The van der Waals surface area contributed by atoms with Crippen molar-refractivity contribution in [1.29, 1.82) is 5.26 Å². The second kappa shape index (κ2) is 3.09. The number of hydrogen-bond acceptors (Lipinski definition) is 2. The Morgan fingerprint density at radius 1 is 1.50 bits per heavy atom. The maximum absolute atomic E-state index is 9.07. The third kappa shape index (κ3) is 1.39. The lowest BCUT2D eigenvalue weighted by Crippen LogP contribution is -2.04. The van der Waals surface area contributed by atoms with Gasteiger partial charge >= 0.3 is 0 Å². The molecule has 0 aliphatic heterocycles. The standard InChI is InChI=1S/C12H14N2/c1-9(2)11-7-10(3-6-14-11)12(8-13)4-5-12/h3,6-7,9H,4-5H2,1-2H3. The minimum atomic E-state index is -0.174. The van der Waals surface area contributed by atoms with Crippen molar-refractivity contribution in [2.45, 2.75) is 38.0 Å². The Hall–Kier alpha value is -1.36. The second-order valence-electron chi connectivity index (χ2n) is 4.32. The molecule has 0 spiro atoms. The molecule has 2 heteroatoms. The van der Waals surface area contributed by atoms with Crippen LogP contribution in [0.1, 0.15) is 43.9 Å². The smallest absolute Gasteiger partial charge is 0.0825 e. The molecule has 1 heterocycles. The topological polar surface area (TPSA) is 36.7 Å². The van der Waals surface area contributed by atoms with Gasteiger partial charge in [0.15, 0.2) is 0 Å². The van der Waals surface area contributed by atoms with Crippen LogP contribution in [0.3, 0.4) is 0 Å². The van der Waals surface area contributed by atoms with Crippen molar-refractivity contribution in [1.82, 2.24) is 4.98 Å². The molecule has 1 aliphatic rings. The predicted octanol–water partition coefficient (Wildman–Crippen LogP) is 2.76. The Bertz CT molecular complexity index is 384. The van der Waals surface area contributed by atoms with Crippen LogP contribution >= 0.6 is 0 Å². The lowest BCUT2D eigenvalue weighted by atomic mass is 9.96. The van der Waals surface area contributed by atoms with E-state index in [9.17, 15) is 0 Å². The van der Waals surface area contributed by atoms with E-state index >= 15 is 0 Å². The van der Waals surface area contributed by atoms with Gasteiger partial charge in [0, 0.05) is 11.9 Å². The normalized spacial score (nSPS) is 17.9. The summed E-state index contributed by atoms with van der Waals surface area (Å²) in [7, 11) is 0. The van der Waals surface area contributed by atoms with E-state index in [0.717, 1.165) is 24.1 Å². The van der Waals surface area contributed by atoms with E-state index < -0.39 is 0 Å². The van der Waals surface area contributed by atoms with Crippen LogP contribution in [-0.4, -0.2) is 4.98 Å². The van der Waals surface area contributed by atoms with Gasteiger partial charge in [-0.15, -0.1) is 0 Å². The van der Waals surface area contributed by atoms with Gasteiger partial charge in [0.05, 0.1) is 11.5 Å². The average Bonchev–Trinajstić information content (AvgIpc) is 2.98. The van der Waals surface area contributed by atoms with Crippen LogP contribution in [-0.2, 0) is 5.41 Å². The largest absolute Gasteiger partial charge is 0.261 e. The summed E-state index contributed by atoms with van der Waals surface area (Å²) >= 11 is 0. The van der Waals surface area contributed by atoms with Crippen LogP contribution in [0.25, 0.3) is 0 Å². The molecule has 2 rings (SSSR count). The summed E-state index contributed by atoms with van der Waals surface area (Å²) in [5.74, 6) is 0.435. The van der Waals surface area contributed by atoms with Gasteiger partial charge in [-0.2, -0.15) is 5.26 Å². The first-order chi connectivity index (χ1) is 6.68. The van der Waals surface area contributed by atoms with Crippen LogP contribution in [0.5, 0.6) is 0 Å². The summed E-state index contributed by atoms with van der Waals surface area (Å²) in [5.41, 5.74) is 2.06. The quantitative estimate of drug-likeness (QED) is 0.712. The van der Waals surface area contributed by atoms with E-state index in [4.69, 9.17) is 5.26 Å². The van der Waals surface area contributed by atoms with Crippen molar-refractivity contribution < 1.29 is 0 Å². The minimum absolute atomic E-state index is 0.174. The fourth-order valence-electron chi connectivity index (χ4n) is 1.65. The maximum atomic E-state index is 9.07. The highest BCUT2D eigenvalue weighted by atomic mass is 14.7.